The van der Waals surface area contributed by atoms with Gasteiger partial charge < -0.3 is 5.11 Å². The Morgan fingerprint density at radius 3 is 2.40 bits per heavy atom. The maximum atomic E-state index is 9.39. The molecule has 0 aliphatic carbocycles. The molecule has 0 aromatic heterocycles. The van der Waals surface area contributed by atoms with Gasteiger partial charge in [-0.05, 0) is 52.8 Å². The number of benzene rings is 3. The predicted octanol–water partition coefficient (Wildman–Crippen LogP) is 4.86. The van der Waals surface area contributed by atoms with Crippen LogP contribution in [0.3, 0.4) is 0 Å². The van der Waals surface area contributed by atoms with Gasteiger partial charge in [-0.3, -0.25) is 0 Å². The van der Waals surface area contributed by atoms with E-state index in [1.165, 1.54) is 26.8 Å². The summed E-state index contributed by atoms with van der Waals surface area (Å²) < 4.78 is 0. The molecule has 3 aromatic rings. The summed E-state index contributed by atoms with van der Waals surface area (Å²) in [4.78, 5) is 1.32. The van der Waals surface area contributed by atoms with Crippen LogP contribution in [-0.2, 0) is 6.42 Å². The van der Waals surface area contributed by atoms with Gasteiger partial charge in [-0.15, -0.1) is 11.8 Å². The Labute approximate surface area is 123 Å². The fourth-order valence-corrected chi connectivity index (χ4v) is 3.14. The first-order valence-corrected chi connectivity index (χ1v) is 7.83. The van der Waals surface area contributed by atoms with Gasteiger partial charge in [0, 0.05) is 4.90 Å². The quantitative estimate of drug-likeness (QED) is 0.691. The molecule has 0 radical (unpaired) electrons. The summed E-state index contributed by atoms with van der Waals surface area (Å²) >= 11 is 1.78. The van der Waals surface area contributed by atoms with Crippen LogP contribution in [0.5, 0.6) is 5.75 Å². The van der Waals surface area contributed by atoms with Crippen LogP contribution in [-0.4, -0.2) is 11.4 Å². The minimum absolute atomic E-state index is 0.316. The van der Waals surface area contributed by atoms with Crippen molar-refractivity contribution in [3.8, 4) is 5.75 Å². The Morgan fingerprint density at radius 1 is 0.900 bits per heavy atom. The van der Waals surface area contributed by atoms with Crippen LogP contribution >= 0.6 is 11.8 Å². The van der Waals surface area contributed by atoms with E-state index in [0.717, 1.165) is 6.42 Å². The molecule has 0 spiro atoms. The first-order chi connectivity index (χ1) is 9.78. The minimum Gasteiger partial charge on any atom is -0.508 e. The summed E-state index contributed by atoms with van der Waals surface area (Å²) in [7, 11) is 0. The SMILES string of the molecule is CSc1ccc2ccccc2c1Cc1ccc(O)cc1. The molecule has 1 N–H and O–H groups in total. The molecule has 2 heteroatoms. The summed E-state index contributed by atoms with van der Waals surface area (Å²) in [6.07, 6.45) is 3.00. The zero-order chi connectivity index (χ0) is 13.9. The highest BCUT2D eigenvalue weighted by Crippen LogP contribution is 2.30. The molecule has 1 nitrogen and oxygen atoms in total. The van der Waals surface area contributed by atoms with Crippen molar-refractivity contribution in [2.24, 2.45) is 0 Å². The molecule has 100 valence electrons. The number of phenols is 1. The van der Waals surface area contributed by atoms with Crippen molar-refractivity contribution < 1.29 is 5.11 Å². The lowest BCUT2D eigenvalue weighted by molar-refractivity contribution is 0.475. The first kappa shape index (κ1) is 13.1. The van der Waals surface area contributed by atoms with E-state index < -0.39 is 0 Å². The van der Waals surface area contributed by atoms with E-state index in [4.69, 9.17) is 0 Å². The lowest BCUT2D eigenvalue weighted by Gasteiger charge is -2.12. The zero-order valence-corrected chi connectivity index (χ0v) is 12.2. The number of thioether (sulfide) groups is 1. The average molecular weight is 280 g/mol. The van der Waals surface area contributed by atoms with Gasteiger partial charge in [0.2, 0.25) is 0 Å². The number of hydrogen-bond acceptors (Lipinski definition) is 2. The first-order valence-electron chi connectivity index (χ1n) is 6.60. The molecule has 0 atom stereocenters. The highest BCUT2D eigenvalue weighted by Gasteiger charge is 2.08. The number of aromatic hydroxyl groups is 1. The Bertz CT molecular complexity index is 732. The predicted molar refractivity (Wildman–Crippen MR) is 86.6 cm³/mol. The largest absolute Gasteiger partial charge is 0.508 e. The smallest absolute Gasteiger partial charge is 0.115 e. The van der Waals surface area contributed by atoms with Gasteiger partial charge in [-0.1, -0.05) is 42.5 Å². The molecule has 0 amide bonds. The number of rotatable bonds is 3. The maximum absolute atomic E-state index is 9.39. The van der Waals surface area contributed by atoms with Crippen LogP contribution in [0.15, 0.2) is 65.6 Å². The highest BCUT2D eigenvalue weighted by atomic mass is 32.2. The van der Waals surface area contributed by atoms with E-state index in [2.05, 4.69) is 42.7 Å². The third-order valence-corrected chi connectivity index (χ3v) is 4.36. The van der Waals surface area contributed by atoms with Gasteiger partial charge >= 0.3 is 0 Å². The van der Waals surface area contributed by atoms with Gasteiger partial charge in [-0.25, -0.2) is 0 Å². The Morgan fingerprint density at radius 2 is 1.65 bits per heavy atom. The monoisotopic (exact) mass is 280 g/mol. The molecule has 3 rings (SSSR count). The van der Waals surface area contributed by atoms with E-state index in [-0.39, 0.29) is 0 Å². The van der Waals surface area contributed by atoms with Crippen LogP contribution in [0.4, 0.5) is 0 Å². The number of fused-ring (bicyclic) bond motifs is 1. The zero-order valence-electron chi connectivity index (χ0n) is 11.3. The van der Waals surface area contributed by atoms with Crippen molar-refractivity contribution in [3.63, 3.8) is 0 Å². The van der Waals surface area contributed by atoms with Crippen molar-refractivity contribution in [2.45, 2.75) is 11.3 Å². The average Bonchev–Trinajstić information content (AvgIpc) is 2.50. The second-order valence-corrected chi connectivity index (χ2v) is 5.66. The molecule has 0 aliphatic rings. The molecular weight excluding hydrogens is 264 g/mol. The molecule has 0 heterocycles. The molecule has 0 saturated heterocycles. The fraction of sp³-hybridized carbons (Fsp3) is 0.111. The highest BCUT2D eigenvalue weighted by molar-refractivity contribution is 7.98. The van der Waals surface area contributed by atoms with E-state index in [9.17, 15) is 5.11 Å². The Kier molecular flexibility index (Phi) is 3.66. The second kappa shape index (κ2) is 5.59. The van der Waals surface area contributed by atoms with Crippen LogP contribution in [0.25, 0.3) is 10.8 Å². The topological polar surface area (TPSA) is 20.2 Å². The van der Waals surface area contributed by atoms with Crippen LogP contribution in [0.1, 0.15) is 11.1 Å². The van der Waals surface area contributed by atoms with Crippen molar-refractivity contribution >= 4 is 22.5 Å². The molecule has 0 aliphatic heterocycles. The fourth-order valence-electron chi connectivity index (χ4n) is 2.51. The molecular formula is C18H16OS. The Hall–Kier alpha value is -1.93. The maximum Gasteiger partial charge on any atom is 0.115 e. The van der Waals surface area contributed by atoms with Gasteiger partial charge in [0.1, 0.15) is 5.75 Å². The van der Waals surface area contributed by atoms with E-state index in [0.29, 0.717) is 5.75 Å². The third kappa shape index (κ3) is 2.52. The number of phenolic OH excluding ortho intramolecular Hbond substituents is 1. The van der Waals surface area contributed by atoms with Crippen LogP contribution < -0.4 is 0 Å². The normalized spacial score (nSPS) is 10.8. The molecule has 0 bridgehead atoms. The van der Waals surface area contributed by atoms with Gasteiger partial charge in [0.05, 0.1) is 0 Å². The minimum atomic E-state index is 0.316. The van der Waals surface area contributed by atoms with Crippen LogP contribution in [0.2, 0.25) is 0 Å². The molecule has 0 saturated carbocycles. The standard InChI is InChI=1S/C18H16OS/c1-20-18-11-8-14-4-2-3-5-16(14)17(18)12-13-6-9-15(19)10-7-13/h2-11,19H,12H2,1H3. The van der Waals surface area contributed by atoms with E-state index in [1.807, 2.05) is 12.1 Å². The van der Waals surface area contributed by atoms with Gasteiger partial charge in [0.25, 0.3) is 0 Å². The van der Waals surface area contributed by atoms with Crippen molar-refractivity contribution in [3.05, 3.63) is 71.8 Å². The Balaban J connectivity index is 2.11. The van der Waals surface area contributed by atoms with Crippen LogP contribution in [0, 0.1) is 0 Å². The van der Waals surface area contributed by atoms with Crippen molar-refractivity contribution in [1.82, 2.24) is 0 Å². The lowest BCUT2D eigenvalue weighted by atomic mass is 9.98. The molecule has 20 heavy (non-hydrogen) atoms. The third-order valence-electron chi connectivity index (χ3n) is 3.53. The number of hydrogen-bond donors (Lipinski definition) is 1. The molecule has 0 fully saturated rings. The summed E-state index contributed by atoms with van der Waals surface area (Å²) in [6.45, 7) is 0. The summed E-state index contributed by atoms with van der Waals surface area (Å²) in [5.74, 6) is 0.316. The lowest BCUT2D eigenvalue weighted by Crippen LogP contribution is -1.93. The summed E-state index contributed by atoms with van der Waals surface area (Å²) in [5, 5.41) is 12.0. The van der Waals surface area contributed by atoms with E-state index in [1.54, 1.807) is 23.9 Å². The molecule has 3 aromatic carbocycles. The molecule has 0 unspecified atom stereocenters. The van der Waals surface area contributed by atoms with Gasteiger partial charge in [-0.2, -0.15) is 0 Å². The second-order valence-electron chi connectivity index (χ2n) is 4.81. The van der Waals surface area contributed by atoms with Crippen molar-refractivity contribution in [1.29, 1.82) is 0 Å². The van der Waals surface area contributed by atoms with Crippen molar-refractivity contribution in [2.75, 3.05) is 6.26 Å². The van der Waals surface area contributed by atoms with Gasteiger partial charge in [0.15, 0.2) is 0 Å². The van der Waals surface area contributed by atoms with E-state index >= 15 is 0 Å². The summed E-state index contributed by atoms with van der Waals surface area (Å²) in [6, 6.07) is 20.4. The summed E-state index contributed by atoms with van der Waals surface area (Å²) in [5.41, 5.74) is 2.58.